The molecule has 0 amide bonds. The molecular formula is C11H15N7O. The molecule has 0 fully saturated rings. The number of aromatic nitrogens is 4. The van der Waals surface area contributed by atoms with E-state index in [0.29, 0.717) is 12.5 Å². The van der Waals surface area contributed by atoms with Crippen LogP contribution in [0.3, 0.4) is 0 Å². The van der Waals surface area contributed by atoms with E-state index in [-0.39, 0.29) is 12.0 Å². The Labute approximate surface area is 110 Å². The Balaban J connectivity index is 2.13. The predicted molar refractivity (Wildman–Crippen MR) is 70.5 cm³/mol. The number of hydrogen-bond acceptors (Lipinski definition) is 8. The van der Waals surface area contributed by atoms with Crippen molar-refractivity contribution in [3.05, 3.63) is 29.6 Å². The van der Waals surface area contributed by atoms with Gasteiger partial charge in [0.25, 0.3) is 0 Å². The largest absolute Gasteiger partial charge is 0.467 e. The highest BCUT2D eigenvalue weighted by atomic mass is 16.5. The molecule has 2 heterocycles. The highest BCUT2D eigenvalue weighted by Crippen LogP contribution is 2.12. The third-order valence-corrected chi connectivity index (χ3v) is 2.50. The molecule has 0 saturated carbocycles. The Bertz CT molecular complexity index is 538. The van der Waals surface area contributed by atoms with Crippen LogP contribution in [0.15, 0.2) is 18.5 Å². The van der Waals surface area contributed by atoms with E-state index in [1.165, 1.54) is 7.11 Å². The molecule has 0 bridgehead atoms. The van der Waals surface area contributed by atoms with Gasteiger partial charge in [-0.05, 0) is 24.1 Å². The van der Waals surface area contributed by atoms with E-state index in [9.17, 15) is 0 Å². The molecule has 2 aromatic rings. The molecule has 100 valence electrons. The number of nitrogens with two attached hydrogens (primary N) is 1. The van der Waals surface area contributed by atoms with Gasteiger partial charge in [-0.3, -0.25) is 10.4 Å². The molecule has 2 rings (SSSR count). The van der Waals surface area contributed by atoms with Gasteiger partial charge in [0, 0.05) is 18.9 Å². The minimum absolute atomic E-state index is 0.192. The van der Waals surface area contributed by atoms with E-state index in [1.54, 1.807) is 12.4 Å². The molecule has 0 saturated heterocycles. The van der Waals surface area contributed by atoms with Crippen molar-refractivity contribution in [2.75, 3.05) is 17.9 Å². The average Bonchev–Trinajstić information content (AvgIpc) is 2.46. The summed E-state index contributed by atoms with van der Waals surface area (Å²) in [6.07, 6.45) is 3.54. The van der Waals surface area contributed by atoms with Crippen molar-refractivity contribution in [2.24, 2.45) is 5.84 Å². The summed E-state index contributed by atoms with van der Waals surface area (Å²) < 4.78 is 4.97. The molecule has 0 aromatic carbocycles. The van der Waals surface area contributed by atoms with Crippen molar-refractivity contribution >= 4 is 11.9 Å². The fourth-order valence-electron chi connectivity index (χ4n) is 1.47. The van der Waals surface area contributed by atoms with Gasteiger partial charge in [0.05, 0.1) is 7.11 Å². The van der Waals surface area contributed by atoms with E-state index in [1.807, 2.05) is 13.0 Å². The highest BCUT2D eigenvalue weighted by Gasteiger charge is 2.06. The molecule has 4 N–H and O–H groups in total. The molecule has 0 aliphatic heterocycles. The van der Waals surface area contributed by atoms with Crippen LogP contribution in [-0.4, -0.2) is 27.0 Å². The van der Waals surface area contributed by atoms with Gasteiger partial charge in [-0.1, -0.05) is 0 Å². The highest BCUT2D eigenvalue weighted by molar-refractivity contribution is 5.36. The standard InChI is InChI=1S/C11H15N7O/c1-7-5-13-4-3-8(7)6-14-9-15-10(18-12)17-11(16-9)19-2/h3-5H,6,12H2,1-2H3,(H2,14,15,16,17,18). The first kappa shape index (κ1) is 13.0. The van der Waals surface area contributed by atoms with Gasteiger partial charge in [0.15, 0.2) is 0 Å². The first-order chi connectivity index (χ1) is 9.22. The number of pyridine rings is 1. The number of nitrogens with one attached hydrogen (secondary N) is 2. The Morgan fingerprint density at radius 1 is 1.26 bits per heavy atom. The summed E-state index contributed by atoms with van der Waals surface area (Å²) in [6.45, 7) is 2.57. The zero-order valence-electron chi connectivity index (χ0n) is 10.7. The van der Waals surface area contributed by atoms with Gasteiger partial charge in [-0.15, -0.1) is 0 Å². The number of anilines is 2. The van der Waals surface area contributed by atoms with Crippen molar-refractivity contribution in [1.29, 1.82) is 0 Å². The lowest BCUT2D eigenvalue weighted by atomic mass is 10.1. The van der Waals surface area contributed by atoms with Gasteiger partial charge in [-0.25, -0.2) is 5.84 Å². The lowest BCUT2D eigenvalue weighted by Crippen LogP contribution is -2.14. The van der Waals surface area contributed by atoms with Crippen LogP contribution in [0.25, 0.3) is 0 Å². The van der Waals surface area contributed by atoms with E-state index in [2.05, 4.69) is 30.7 Å². The molecule has 0 aliphatic carbocycles. The number of nitrogen functional groups attached to an aromatic ring is 1. The maximum atomic E-state index is 5.28. The summed E-state index contributed by atoms with van der Waals surface area (Å²) >= 11 is 0. The summed E-state index contributed by atoms with van der Waals surface area (Å²) in [6, 6.07) is 2.12. The zero-order chi connectivity index (χ0) is 13.7. The van der Waals surface area contributed by atoms with E-state index < -0.39 is 0 Å². The smallest absolute Gasteiger partial charge is 0.322 e. The number of methoxy groups -OCH3 is 1. The molecule has 8 nitrogen and oxygen atoms in total. The van der Waals surface area contributed by atoms with Gasteiger partial charge in [0.2, 0.25) is 11.9 Å². The fourth-order valence-corrected chi connectivity index (χ4v) is 1.47. The molecule has 0 spiro atoms. The lowest BCUT2D eigenvalue weighted by Gasteiger charge is -2.09. The van der Waals surface area contributed by atoms with E-state index >= 15 is 0 Å². The third kappa shape index (κ3) is 3.26. The molecule has 2 aromatic heterocycles. The lowest BCUT2D eigenvalue weighted by molar-refractivity contribution is 0.379. The van der Waals surface area contributed by atoms with Gasteiger partial charge in [0.1, 0.15) is 0 Å². The van der Waals surface area contributed by atoms with Crippen molar-refractivity contribution < 1.29 is 4.74 Å². The second-order valence-corrected chi connectivity index (χ2v) is 3.77. The number of hydrazine groups is 1. The summed E-state index contributed by atoms with van der Waals surface area (Å²) in [5.41, 5.74) is 4.56. The van der Waals surface area contributed by atoms with Crippen molar-refractivity contribution in [3.8, 4) is 6.01 Å². The Hall–Kier alpha value is -2.48. The summed E-state index contributed by atoms with van der Waals surface area (Å²) in [7, 11) is 1.48. The zero-order valence-corrected chi connectivity index (χ0v) is 10.7. The van der Waals surface area contributed by atoms with Crippen LogP contribution in [0, 0.1) is 6.92 Å². The monoisotopic (exact) mass is 261 g/mol. The molecular weight excluding hydrogens is 246 g/mol. The molecule has 0 radical (unpaired) electrons. The van der Waals surface area contributed by atoms with E-state index in [4.69, 9.17) is 10.6 Å². The van der Waals surface area contributed by atoms with Crippen LogP contribution in [0.4, 0.5) is 11.9 Å². The fraction of sp³-hybridized carbons (Fsp3) is 0.273. The SMILES string of the molecule is COc1nc(NN)nc(NCc2ccncc2C)n1. The van der Waals surface area contributed by atoms with E-state index in [0.717, 1.165) is 11.1 Å². The van der Waals surface area contributed by atoms with Crippen molar-refractivity contribution in [3.63, 3.8) is 0 Å². The number of aryl methyl sites for hydroxylation is 1. The predicted octanol–water partition coefficient (Wildman–Crippen LogP) is 0.481. The second-order valence-electron chi connectivity index (χ2n) is 3.77. The topological polar surface area (TPSA) is 111 Å². The maximum absolute atomic E-state index is 5.28. The second kappa shape index (κ2) is 5.91. The Morgan fingerprint density at radius 2 is 2.05 bits per heavy atom. The number of nitrogens with zero attached hydrogens (tertiary/aromatic N) is 4. The van der Waals surface area contributed by atoms with Gasteiger partial charge in [-0.2, -0.15) is 15.0 Å². The van der Waals surface area contributed by atoms with Gasteiger partial charge < -0.3 is 10.1 Å². The van der Waals surface area contributed by atoms with Crippen molar-refractivity contribution in [2.45, 2.75) is 13.5 Å². The molecule has 0 aliphatic rings. The van der Waals surface area contributed by atoms with Crippen LogP contribution < -0.4 is 21.3 Å². The average molecular weight is 261 g/mol. The third-order valence-electron chi connectivity index (χ3n) is 2.50. The van der Waals surface area contributed by atoms with Crippen LogP contribution >= 0.6 is 0 Å². The molecule has 0 atom stereocenters. The molecule has 8 heteroatoms. The summed E-state index contributed by atoms with van der Waals surface area (Å²) in [5, 5.41) is 3.09. The first-order valence-electron chi connectivity index (χ1n) is 5.63. The summed E-state index contributed by atoms with van der Waals surface area (Å²) in [4.78, 5) is 16.1. The normalized spacial score (nSPS) is 10.1. The number of hydrogen-bond donors (Lipinski definition) is 3. The Kier molecular flexibility index (Phi) is 4.04. The van der Waals surface area contributed by atoms with Gasteiger partial charge >= 0.3 is 6.01 Å². The van der Waals surface area contributed by atoms with Crippen LogP contribution in [0.2, 0.25) is 0 Å². The molecule has 19 heavy (non-hydrogen) atoms. The van der Waals surface area contributed by atoms with Crippen LogP contribution in [0.5, 0.6) is 6.01 Å². The minimum atomic E-state index is 0.192. The number of ether oxygens (including phenoxy) is 1. The Morgan fingerprint density at radius 3 is 2.74 bits per heavy atom. The van der Waals surface area contributed by atoms with Crippen LogP contribution in [-0.2, 0) is 6.54 Å². The summed E-state index contributed by atoms with van der Waals surface area (Å²) in [5.74, 6) is 5.90. The van der Waals surface area contributed by atoms with Crippen molar-refractivity contribution in [1.82, 2.24) is 19.9 Å². The number of rotatable bonds is 5. The quantitative estimate of drug-likeness (QED) is 0.526. The first-order valence-corrected chi connectivity index (χ1v) is 5.63. The maximum Gasteiger partial charge on any atom is 0.322 e. The van der Waals surface area contributed by atoms with Crippen LogP contribution in [0.1, 0.15) is 11.1 Å². The minimum Gasteiger partial charge on any atom is -0.467 e. The molecule has 0 unspecified atom stereocenters.